The lowest BCUT2D eigenvalue weighted by Gasteiger charge is -2.41. The predicted molar refractivity (Wildman–Crippen MR) is 97.5 cm³/mol. The van der Waals surface area contributed by atoms with Crippen LogP contribution in [0.2, 0.25) is 6.32 Å². The van der Waals surface area contributed by atoms with Crippen molar-refractivity contribution in [1.29, 1.82) is 0 Å². The predicted octanol–water partition coefficient (Wildman–Crippen LogP) is 2.21. The lowest BCUT2D eigenvalue weighted by atomic mass is 9.66. The first-order chi connectivity index (χ1) is 12.4. The molecule has 1 aliphatic carbocycles. The number of likely N-dealkylation sites (tertiary alicyclic amines) is 1. The molecule has 0 aromatic rings. The first-order valence-corrected chi connectivity index (χ1v) is 9.67. The fraction of sp³-hybridized carbons (Fsp3) is 0.889. The number of carbonyl (C=O) groups is 2. The van der Waals surface area contributed by atoms with E-state index in [-0.39, 0.29) is 20.1 Å². The van der Waals surface area contributed by atoms with Gasteiger partial charge in [-0.1, -0.05) is 6.42 Å². The maximum Gasteiger partial charge on any atom is 0.457 e. The lowest BCUT2D eigenvalue weighted by Crippen LogP contribution is -2.59. The summed E-state index contributed by atoms with van der Waals surface area (Å²) < 4.78 is 12.0. The molecular weight excluding hydrogens is 353 g/mol. The Kier molecular flexibility index (Phi) is 4.81. The second-order valence-electron chi connectivity index (χ2n) is 9.16. The maximum absolute atomic E-state index is 12.2. The van der Waals surface area contributed by atoms with E-state index in [0.29, 0.717) is 32.0 Å². The number of fused-ring (bicyclic) bond motifs is 1. The molecule has 0 spiro atoms. The van der Waals surface area contributed by atoms with E-state index in [0.717, 1.165) is 4.90 Å². The summed E-state index contributed by atoms with van der Waals surface area (Å²) in [5.41, 5.74) is -3.36. The van der Waals surface area contributed by atoms with Crippen LogP contribution < -0.4 is 0 Å². The minimum absolute atomic E-state index is 0.155. The van der Waals surface area contributed by atoms with Crippen LogP contribution in [0.4, 0.5) is 4.79 Å². The van der Waals surface area contributed by atoms with Crippen molar-refractivity contribution < 1.29 is 34.2 Å². The van der Waals surface area contributed by atoms with Gasteiger partial charge in [0.05, 0.1) is 23.9 Å². The van der Waals surface area contributed by atoms with Crippen LogP contribution in [0, 0.1) is 5.41 Å². The van der Waals surface area contributed by atoms with Gasteiger partial charge in [0.25, 0.3) is 0 Å². The number of aliphatic hydroxyl groups is 1. The Balaban J connectivity index is 1.75. The van der Waals surface area contributed by atoms with Crippen molar-refractivity contribution in [2.24, 2.45) is 5.41 Å². The summed E-state index contributed by atoms with van der Waals surface area (Å²) >= 11 is 0. The third-order valence-electron chi connectivity index (χ3n) is 7.39. The molecule has 0 aromatic heterocycles. The molecule has 1 saturated carbocycles. The van der Waals surface area contributed by atoms with Gasteiger partial charge in [0.2, 0.25) is 0 Å². The maximum atomic E-state index is 12.2. The third-order valence-corrected chi connectivity index (χ3v) is 7.39. The molecule has 3 aliphatic rings. The number of nitrogens with zero attached hydrogens (tertiary/aromatic N) is 1. The average Bonchev–Trinajstić information content (AvgIpc) is 3.08. The summed E-state index contributed by atoms with van der Waals surface area (Å²) in [7, 11) is -0.388. The quantitative estimate of drug-likeness (QED) is 0.623. The number of amides is 1. The van der Waals surface area contributed by atoms with E-state index < -0.39 is 40.3 Å². The molecule has 1 unspecified atom stereocenters. The Morgan fingerprint density at radius 1 is 1.11 bits per heavy atom. The number of aliphatic carboxylic acids is 1. The van der Waals surface area contributed by atoms with Crippen molar-refractivity contribution in [2.75, 3.05) is 6.54 Å². The summed E-state index contributed by atoms with van der Waals surface area (Å²) in [4.78, 5) is 24.8. The van der Waals surface area contributed by atoms with Gasteiger partial charge in [0.1, 0.15) is 0 Å². The van der Waals surface area contributed by atoms with E-state index in [2.05, 4.69) is 0 Å². The second-order valence-corrected chi connectivity index (χ2v) is 9.16. The Hall–Kier alpha value is -1.32. The molecule has 0 radical (unpaired) electrons. The van der Waals surface area contributed by atoms with Gasteiger partial charge < -0.3 is 24.6 Å². The zero-order valence-electron chi connectivity index (χ0n) is 16.5. The Labute approximate surface area is 160 Å². The van der Waals surface area contributed by atoms with E-state index in [1.54, 1.807) is 0 Å². The second kappa shape index (κ2) is 6.35. The standard InChI is InChI=1S/C18H30BNO7/c1-15(2)16(3,4)27-19(26-15)10-6-8-17-7-5-9-18(17,13(22)23)20(14(24)25)11-12(17)21/h12,21H,5-11H2,1-4H3,(H,22,23)(H,24,25)/t12?,17-,18-/m1/s1. The van der Waals surface area contributed by atoms with Crippen molar-refractivity contribution in [3.8, 4) is 0 Å². The number of hydrogen-bond acceptors (Lipinski definition) is 5. The molecule has 1 amide bonds. The van der Waals surface area contributed by atoms with Crippen LogP contribution in [0.25, 0.3) is 0 Å². The fourth-order valence-corrected chi connectivity index (χ4v) is 5.31. The highest BCUT2D eigenvalue weighted by atomic mass is 16.7. The topological polar surface area (TPSA) is 117 Å². The highest BCUT2D eigenvalue weighted by molar-refractivity contribution is 6.45. The number of hydrogen-bond donors (Lipinski definition) is 3. The molecule has 2 saturated heterocycles. The molecule has 152 valence electrons. The van der Waals surface area contributed by atoms with Crippen molar-refractivity contribution >= 4 is 19.2 Å². The van der Waals surface area contributed by atoms with Crippen molar-refractivity contribution in [2.45, 2.75) is 89.0 Å². The normalized spacial score (nSPS) is 36.9. The molecule has 3 atom stereocenters. The Bertz CT molecular complexity index is 623. The zero-order valence-corrected chi connectivity index (χ0v) is 16.5. The molecular formula is C18H30BNO7. The molecule has 9 heteroatoms. The molecule has 0 bridgehead atoms. The minimum atomic E-state index is -1.55. The highest BCUT2D eigenvalue weighted by Crippen LogP contribution is 2.59. The van der Waals surface area contributed by atoms with Gasteiger partial charge in [-0.05, 0) is 59.7 Å². The SMILES string of the molecule is CC1(C)OB(CCC[C@@]23CCC[C@]2(C(=O)O)N(C(=O)O)CC3O)OC1(C)C. The number of β-amino-alcohol motifs (C(OH)–C–C–N with tert-alkyl or cyclic N) is 1. The van der Waals surface area contributed by atoms with Crippen molar-refractivity contribution in [3.63, 3.8) is 0 Å². The summed E-state index contributed by atoms with van der Waals surface area (Å²) in [6, 6.07) is 0. The Morgan fingerprint density at radius 2 is 1.70 bits per heavy atom. The molecule has 0 aromatic carbocycles. The molecule has 2 heterocycles. The largest absolute Gasteiger partial charge is 0.479 e. The smallest absolute Gasteiger partial charge is 0.457 e. The van der Waals surface area contributed by atoms with E-state index >= 15 is 0 Å². The first-order valence-electron chi connectivity index (χ1n) is 9.67. The van der Waals surface area contributed by atoms with Gasteiger partial charge in [-0.2, -0.15) is 0 Å². The van der Waals surface area contributed by atoms with Gasteiger partial charge in [-0.15, -0.1) is 0 Å². The molecule has 3 rings (SSSR count). The summed E-state index contributed by atoms with van der Waals surface area (Å²) in [6.45, 7) is 7.75. The van der Waals surface area contributed by atoms with Gasteiger partial charge in [0, 0.05) is 5.41 Å². The van der Waals surface area contributed by atoms with Crippen LogP contribution in [-0.2, 0) is 14.1 Å². The summed E-state index contributed by atoms with van der Waals surface area (Å²) in [5.74, 6) is -1.16. The highest BCUT2D eigenvalue weighted by Gasteiger charge is 2.71. The molecule has 8 nitrogen and oxygen atoms in total. The van der Waals surface area contributed by atoms with Crippen LogP contribution >= 0.6 is 0 Å². The van der Waals surface area contributed by atoms with Crippen LogP contribution in [0.3, 0.4) is 0 Å². The fourth-order valence-electron chi connectivity index (χ4n) is 5.31. The number of carboxylic acid groups (broad SMARTS) is 2. The van der Waals surface area contributed by atoms with E-state index in [1.807, 2.05) is 27.7 Å². The molecule has 2 aliphatic heterocycles. The van der Waals surface area contributed by atoms with Crippen LogP contribution in [-0.4, -0.2) is 68.8 Å². The van der Waals surface area contributed by atoms with E-state index in [4.69, 9.17) is 9.31 Å². The molecule has 3 fully saturated rings. The monoisotopic (exact) mass is 383 g/mol. The lowest BCUT2D eigenvalue weighted by molar-refractivity contribution is -0.155. The van der Waals surface area contributed by atoms with Gasteiger partial charge in [-0.3, -0.25) is 4.90 Å². The van der Waals surface area contributed by atoms with Gasteiger partial charge in [0.15, 0.2) is 5.54 Å². The third kappa shape index (κ3) is 2.77. The van der Waals surface area contributed by atoms with Crippen molar-refractivity contribution in [1.82, 2.24) is 4.90 Å². The van der Waals surface area contributed by atoms with Gasteiger partial charge in [-0.25, -0.2) is 9.59 Å². The number of carboxylic acids is 1. The Morgan fingerprint density at radius 3 is 2.22 bits per heavy atom. The molecule has 3 N–H and O–H groups in total. The average molecular weight is 383 g/mol. The number of rotatable bonds is 5. The van der Waals surface area contributed by atoms with Crippen LogP contribution in [0.15, 0.2) is 0 Å². The van der Waals surface area contributed by atoms with E-state index in [9.17, 15) is 24.9 Å². The summed E-state index contributed by atoms with van der Waals surface area (Å²) in [6.07, 6.45) is 0.658. The first kappa shape index (κ1) is 20.4. The van der Waals surface area contributed by atoms with Gasteiger partial charge >= 0.3 is 19.2 Å². The number of aliphatic hydroxyl groups excluding tert-OH is 1. The van der Waals surface area contributed by atoms with Crippen LogP contribution in [0.1, 0.15) is 59.8 Å². The minimum Gasteiger partial charge on any atom is -0.479 e. The summed E-state index contributed by atoms with van der Waals surface area (Å²) in [5, 5.41) is 30.2. The van der Waals surface area contributed by atoms with Crippen LogP contribution in [0.5, 0.6) is 0 Å². The zero-order chi connectivity index (χ0) is 20.3. The van der Waals surface area contributed by atoms with E-state index in [1.165, 1.54) is 0 Å². The molecule has 27 heavy (non-hydrogen) atoms. The van der Waals surface area contributed by atoms with Crippen molar-refractivity contribution in [3.05, 3.63) is 0 Å².